The van der Waals surface area contributed by atoms with Gasteiger partial charge in [-0.05, 0) is 60.5 Å². The SMILES string of the molecule is Cc1ccccc1N1C(=O)NC(=O)/C(=C\c2cc(Br)ccc2OCc2ccc(Cl)c(Cl)c2)C1=O. The number of carbonyl (C=O) groups is 3. The molecule has 34 heavy (non-hydrogen) atoms. The number of ether oxygens (including phenoxy) is 1. The Bertz CT molecular complexity index is 1360. The maximum atomic E-state index is 13.2. The Hall–Kier alpha value is -3.13. The lowest BCUT2D eigenvalue weighted by molar-refractivity contribution is -0.122. The number of aryl methyl sites for hydroxylation is 1. The quantitative estimate of drug-likeness (QED) is 0.293. The second-order valence-electron chi connectivity index (χ2n) is 7.46. The van der Waals surface area contributed by atoms with Gasteiger partial charge in [0.15, 0.2) is 0 Å². The molecular weight excluding hydrogens is 543 g/mol. The molecule has 0 aliphatic carbocycles. The number of benzene rings is 3. The fraction of sp³-hybridized carbons (Fsp3) is 0.0800. The predicted molar refractivity (Wildman–Crippen MR) is 135 cm³/mol. The lowest BCUT2D eigenvalue weighted by Gasteiger charge is -2.27. The average molecular weight is 560 g/mol. The van der Waals surface area contributed by atoms with E-state index in [1.54, 1.807) is 67.6 Å². The summed E-state index contributed by atoms with van der Waals surface area (Å²) in [4.78, 5) is 39.3. The Morgan fingerprint density at radius 3 is 2.50 bits per heavy atom. The van der Waals surface area contributed by atoms with Gasteiger partial charge < -0.3 is 4.74 Å². The second kappa shape index (κ2) is 10.0. The number of imide groups is 2. The monoisotopic (exact) mass is 558 g/mol. The maximum absolute atomic E-state index is 13.2. The summed E-state index contributed by atoms with van der Waals surface area (Å²) in [5.74, 6) is -1.07. The first-order valence-electron chi connectivity index (χ1n) is 10.1. The van der Waals surface area contributed by atoms with Crippen molar-refractivity contribution >= 4 is 68.7 Å². The molecule has 3 aromatic rings. The van der Waals surface area contributed by atoms with Crippen LogP contribution < -0.4 is 15.0 Å². The molecule has 0 aromatic heterocycles. The molecule has 3 aromatic carbocycles. The lowest BCUT2D eigenvalue weighted by Crippen LogP contribution is -2.54. The van der Waals surface area contributed by atoms with Crippen LogP contribution in [0.5, 0.6) is 5.75 Å². The molecule has 4 rings (SSSR count). The molecule has 0 bridgehead atoms. The minimum Gasteiger partial charge on any atom is -0.488 e. The minimum absolute atomic E-state index is 0.183. The van der Waals surface area contributed by atoms with Gasteiger partial charge in [0.25, 0.3) is 11.8 Å². The van der Waals surface area contributed by atoms with Crippen LogP contribution in [0.4, 0.5) is 10.5 Å². The molecule has 172 valence electrons. The standard InChI is InChI=1S/C25H17BrCl2N2O4/c1-14-4-2-3-5-21(14)30-24(32)18(23(31)29-25(30)33)12-16-11-17(26)7-9-22(16)34-13-15-6-8-19(27)20(28)10-15/h2-12H,13H2,1H3,(H,29,31,33)/b18-12+. The van der Waals surface area contributed by atoms with Crippen molar-refractivity contribution in [1.29, 1.82) is 0 Å². The van der Waals surface area contributed by atoms with E-state index in [0.29, 0.717) is 32.6 Å². The van der Waals surface area contributed by atoms with E-state index >= 15 is 0 Å². The Kier molecular flexibility index (Phi) is 7.07. The number of nitrogens with one attached hydrogen (secondary N) is 1. The van der Waals surface area contributed by atoms with Crippen molar-refractivity contribution < 1.29 is 19.1 Å². The summed E-state index contributed by atoms with van der Waals surface area (Å²) in [6.07, 6.45) is 1.41. The summed E-state index contributed by atoms with van der Waals surface area (Å²) in [5.41, 5.74) is 2.19. The number of barbiturate groups is 1. The van der Waals surface area contributed by atoms with Gasteiger partial charge in [-0.3, -0.25) is 14.9 Å². The molecule has 0 atom stereocenters. The highest BCUT2D eigenvalue weighted by Gasteiger charge is 2.37. The molecule has 1 saturated heterocycles. The third-order valence-electron chi connectivity index (χ3n) is 5.11. The zero-order chi connectivity index (χ0) is 24.4. The molecule has 0 unspecified atom stereocenters. The van der Waals surface area contributed by atoms with E-state index in [-0.39, 0.29) is 12.2 Å². The van der Waals surface area contributed by atoms with Gasteiger partial charge in [-0.15, -0.1) is 0 Å². The smallest absolute Gasteiger partial charge is 0.335 e. The van der Waals surface area contributed by atoms with Crippen molar-refractivity contribution in [1.82, 2.24) is 5.32 Å². The van der Waals surface area contributed by atoms with E-state index in [4.69, 9.17) is 27.9 Å². The van der Waals surface area contributed by atoms with Crippen molar-refractivity contribution in [3.05, 3.63) is 97.4 Å². The Morgan fingerprint density at radius 1 is 1.00 bits per heavy atom. The van der Waals surface area contributed by atoms with Crippen LogP contribution in [0.15, 0.2) is 70.7 Å². The van der Waals surface area contributed by atoms with E-state index in [0.717, 1.165) is 14.9 Å². The molecular formula is C25H17BrCl2N2O4. The molecule has 0 spiro atoms. The Labute approximate surface area is 214 Å². The molecule has 1 aliphatic heterocycles. The summed E-state index contributed by atoms with van der Waals surface area (Å²) >= 11 is 15.5. The van der Waals surface area contributed by atoms with E-state index in [1.807, 2.05) is 0 Å². The van der Waals surface area contributed by atoms with Gasteiger partial charge in [-0.2, -0.15) is 0 Å². The summed E-state index contributed by atoms with van der Waals surface area (Å²) in [6, 6.07) is 16.5. The summed E-state index contributed by atoms with van der Waals surface area (Å²) in [6.45, 7) is 1.96. The van der Waals surface area contributed by atoms with E-state index in [9.17, 15) is 14.4 Å². The topological polar surface area (TPSA) is 75.7 Å². The zero-order valence-electron chi connectivity index (χ0n) is 17.8. The number of nitrogens with zero attached hydrogens (tertiary/aromatic N) is 1. The molecule has 4 amide bonds. The highest BCUT2D eigenvalue weighted by molar-refractivity contribution is 9.10. The van der Waals surface area contributed by atoms with Crippen molar-refractivity contribution in [2.45, 2.75) is 13.5 Å². The highest BCUT2D eigenvalue weighted by Crippen LogP contribution is 2.30. The van der Waals surface area contributed by atoms with Crippen molar-refractivity contribution in [2.24, 2.45) is 0 Å². The third-order valence-corrected chi connectivity index (χ3v) is 6.34. The van der Waals surface area contributed by atoms with Gasteiger partial charge in [-0.1, -0.05) is 63.4 Å². The summed E-state index contributed by atoms with van der Waals surface area (Å²) in [7, 11) is 0. The van der Waals surface area contributed by atoms with E-state index in [2.05, 4.69) is 21.2 Å². The number of rotatable bonds is 5. The molecule has 1 N–H and O–H groups in total. The van der Waals surface area contributed by atoms with Crippen LogP contribution in [-0.4, -0.2) is 17.8 Å². The van der Waals surface area contributed by atoms with Crippen molar-refractivity contribution in [3.8, 4) is 5.75 Å². The van der Waals surface area contributed by atoms with Crippen LogP contribution >= 0.6 is 39.1 Å². The van der Waals surface area contributed by atoms with Crippen LogP contribution in [0.2, 0.25) is 10.0 Å². The minimum atomic E-state index is -0.799. The van der Waals surface area contributed by atoms with E-state index < -0.39 is 17.8 Å². The normalized spacial score (nSPS) is 15.0. The van der Waals surface area contributed by atoms with Gasteiger partial charge in [0.05, 0.1) is 15.7 Å². The number of hydrogen-bond donors (Lipinski definition) is 1. The number of urea groups is 1. The maximum Gasteiger partial charge on any atom is 0.335 e. The van der Waals surface area contributed by atoms with Gasteiger partial charge in [0.1, 0.15) is 17.9 Å². The number of carbonyl (C=O) groups excluding carboxylic acids is 3. The predicted octanol–water partition coefficient (Wildman–Crippen LogP) is 6.31. The molecule has 1 aliphatic rings. The summed E-state index contributed by atoms with van der Waals surface area (Å²) < 4.78 is 6.67. The number of halogens is 3. The fourth-order valence-electron chi connectivity index (χ4n) is 3.40. The number of anilines is 1. The Balaban J connectivity index is 1.68. The van der Waals surface area contributed by atoms with Gasteiger partial charge in [-0.25, -0.2) is 9.69 Å². The molecule has 1 fully saturated rings. The molecule has 0 saturated carbocycles. The van der Waals surface area contributed by atoms with E-state index in [1.165, 1.54) is 6.08 Å². The van der Waals surface area contributed by atoms with Crippen LogP contribution in [-0.2, 0) is 16.2 Å². The van der Waals surface area contributed by atoms with Gasteiger partial charge in [0, 0.05) is 10.0 Å². The molecule has 6 nitrogen and oxygen atoms in total. The van der Waals surface area contributed by atoms with Crippen LogP contribution in [0.25, 0.3) is 6.08 Å². The van der Waals surface area contributed by atoms with Crippen LogP contribution in [0.1, 0.15) is 16.7 Å². The highest BCUT2D eigenvalue weighted by atomic mass is 79.9. The first-order chi connectivity index (χ1) is 16.2. The fourth-order valence-corrected chi connectivity index (χ4v) is 4.10. The van der Waals surface area contributed by atoms with Gasteiger partial charge >= 0.3 is 6.03 Å². The first kappa shape index (κ1) is 24.0. The number of hydrogen-bond acceptors (Lipinski definition) is 4. The zero-order valence-corrected chi connectivity index (χ0v) is 20.9. The number of para-hydroxylation sites is 1. The number of amides is 4. The summed E-state index contributed by atoms with van der Waals surface area (Å²) in [5, 5.41) is 3.09. The largest absolute Gasteiger partial charge is 0.488 e. The van der Waals surface area contributed by atoms with Gasteiger partial charge in [0.2, 0.25) is 0 Å². The lowest BCUT2D eigenvalue weighted by atomic mass is 10.0. The van der Waals surface area contributed by atoms with Crippen LogP contribution in [0, 0.1) is 6.92 Å². The Morgan fingerprint density at radius 2 is 1.76 bits per heavy atom. The average Bonchev–Trinajstić information content (AvgIpc) is 2.79. The third kappa shape index (κ3) is 5.01. The molecule has 0 radical (unpaired) electrons. The van der Waals surface area contributed by atoms with Crippen molar-refractivity contribution in [3.63, 3.8) is 0 Å². The molecule has 9 heteroatoms. The van der Waals surface area contributed by atoms with Crippen LogP contribution in [0.3, 0.4) is 0 Å². The first-order valence-corrected chi connectivity index (χ1v) is 11.6. The van der Waals surface area contributed by atoms with Crippen molar-refractivity contribution in [2.75, 3.05) is 4.90 Å². The second-order valence-corrected chi connectivity index (χ2v) is 9.19. The molecule has 1 heterocycles.